The highest BCUT2D eigenvalue weighted by atomic mass is 16.5. The topological polar surface area (TPSA) is 29.5 Å². The third-order valence-corrected chi connectivity index (χ3v) is 1.81. The highest BCUT2D eigenvalue weighted by Crippen LogP contribution is 2.23. The average Bonchev–Trinajstić information content (AvgIpc) is 1.88. The van der Waals surface area contributed by atoms with Crippen molar-refractivity contribution < 1.29 is 9.84 Å². The summed E-state index contributed by atoms with van der Waals surface area (Å²) >= 11 is 0. The first-order valence-corrected chi connectivity index (χ1v) is 3.48. The van der Waals surface area contributed by atoms with Crippen LogP contribution in [-0.4, -0.2) is 23.4 Å². The van der Waals surface area contributed by atoms with E-state index in [9.17, 15) is 5.11 Å². The molecule has 1 fully saturated rings. The first-order valence-electron chi connectivity index (χ1n) is 3.48. The zero-order valence-corrected chi connectivity index (χ0v) is 6.13. The molecule has 0 aromatic rings. The van der Waals surface area contributed by atoms with Gasteiger partial charge in [-0.05, 0) is 6.92 Å². The Labute approximate surface area is 61.2 Å². The fourth-order valence-electron chi connectivity index (χ4n) is 1.20. The van der Waals surface area contributed by atoms with Gasteiger partial charge in [0.05, 0.1) is 12.7 Å². The van der Waals surface area contributed by atoms with Gasteiger partial charge in [0, 0.05) is 12.8 Å². The third-order valence-electron chi connectivity index (χ3n) is 1.81. The van der Waals surface area contributed by atoms with Crippen molar-refractivity contribution in [2.75, 3.05) is 6.61 Å². The van der Waals surface area contributed by atoms with Crippen LogP contribution < -0.4 is 0 Å². The van der Waals surface area contributed by atoms with E-state index >= 15 is 0 Å². The van der Waals surface area contributed by atoms with Gasteiger partial charge in [-0.1, -0.05) is 5.92 Å². The minimum atomic E-state index is -0.905. The number of aliphatic hydroxyl groups is 1. The van der Waals surface area contributed by atoms with Crippen LogP contribution in [0.4, 0.5) is 0 Å². The van der Waals surface area contributed by atoms with E-state index < -0.39 is 5.60 Å². The van der Waals surface area contributed by atoms with Gasteiger partial charge in [-0.15, -0.1) is 6.42 Å². The van der Waals surface area contributed by atoms with Crippen LogP contribution in [0.15, 0.2) is 0 Å². The number of hydrogen-bond donors (Lipinski definition) is 1. The first-order chi connectivity index (χ1) is 4.66. The van der Waals surface area contributed by atoms with E-state index in [0.29, 0.717) is 19.4 Å². The van der Waals surface area contributed by atoms with E-state index in [1.54, 1.807) is 0 Å². The SMILES string of the molecule is C#CC1(O)CCOC(C)C1. The second kappa shape index (κ2) is 2.61. The van der Waals surface area contributed by atoms with Crippen molar-refractivity contribution in [2.45, 2.75) is 31.5 Å². The molecule has 1 aliphatic rings. The fraction of sp³-hybridized carbons (Fsp3) is 0.750. The van der Waals surface area contributed by atoms with Crippen molar-refractivity contribution in [3.8, 4) is 12.3 Å². The van der Waals surface area contributed by atoms with Crippen LogP contribution >= 0.6 is 0 Å². The number of rotatable bonds is 0. The van der Waals surface area contributed by atoms with Gasteiger partial charge in [-0.2, -0.15) is 0 Å². The van der Waals surface area contributed by atoms with Crippen LogP contribution in [0.5, 0.6) is 0 Å². The molecule has 56 valence electrons. The van der Waals surface area contributed by atoms with E-state index in [1.807, 2.05) is 6.92 Å². The molecular weight excluding hydrogens is 128 g/mol. The van der Waals surface area contributed by atoms with Gasteiger partial charge in [-0.25, -0.2) is 0 Å². The maximum Gasteiger partial charge on any atom is 0.129 e. The van der Waals surface area contributed by atoms with E-state index in [0.717, 1.165) is 0 Å². The molecule has 0 aromatic carbocycles. The van der Waals surface area contributed by atoms with Crippen molar-refractivity contribution in [1.82, 2.24) is 0 Å². The fourth-order valence-corrected chi connectivity index (χ4v) is 1.20. The van der Waals surface area contributed by atoms with Crippen molar-refractivity contribution >= 4 is 0 Å². The largest absolute Gasteiger partial charge is 0.378 e. The first kappa shape index (κ1) is 7.59. The molecule has 1 aliphatic heterocycles. The maximum absolute atomic E-state index is 9.53. The second-order valence-corrected chi connectivity index (χ2v) is 2.81. The summed E-state index contributed by atoms with van der Waals surface area (Å²) in [4.78, 5) is 0. The van der Waals surface area contributed by atoms with Gasteiger partial charge < -0.3 is 9.84 Å². The molecule has 2 heteroatoms. The van der Waals surface area contributed by atoms with Crippen molar-refractivity contribution in [1.29, 1.82) is 0 Å². The van der Waals surface area contributed by atoms with Crippen molar-refractivity contribution in [2.24, 2.45) is 0 Å². The molecule has 0 saturated carbocycles. The Balaban J connectivity index is 2.56. The summed E-state index contributed by atoms with van der Waals surface area (Å²) in [5.74, 6) is 2.39. The lowest BCUT2D eigenvalue weighted by Gasteiger charge is -2.31. The van der Waals surface area contributed by atoms with E-state index in [2.05, 4.69) is 5.92 Å². The molecule has 0 aliphatic carbocycles. The van der Waals surface area contributed by atoms with Gasteiger partial charge >= 0.3 is 0 Å². The van der Waals surface area contributed by atoms with Gasteiger partial charge in [0.15, 0.2) is 0 Å². The zero-order chi connectivity index (χ0) is 7.61. The van der Waals surface area contributed by atoms with Crippen molar-refractivity contribution in [3.63, 3.8) is 0 Å². The van der Waals surface area contributed by atoms with Crippen LogP contribution in [0.3, 0.4) is 0 Å². The molecule has 2 unspecified atom stereocenters. The highest BCUT2D eigenvalue weighted by Gasteiger charge is 2.30. The van der Waals surface area contributed by atoms with Gasteiger partial charge in [-0.3, -0.25) is 0 Å². The lowest BCUT2D eigenvalue weighted by Crippen LogP contribution is -2.38. The number of hydrogen-bond acceptors (Lipinski definition) is 2. The Morgan fingerprint density at radius 2 is 2.50 bits per heavy atom. The van der Waals surface area contributed by atoms with Crippen LogP contribution in [0.1, 0.15) is 19.8 Å². The summed E-state index contributed by atoms with van der Waals surface area (Å²) in [7, 11) is 0. The normalized spacial score (nSPS) is 40.7. The molecule has 1 saturated heterocycles. The minimum absolute atomic E-state index is 0.0924. The molecule has 1 heterocycles. The van der Waals surface area contributed by atoms with Crippen LogP contribution in [0.25, 0.3) is 0 Å². The van der Waals surface area contributed by atoms with Gasteiger partial charge in [0.2, 0.25) is 0 Å². The summed E-state index contributed by atoms with van der Waals surface area (Å²) in [6.07, 6.45) is 6.36. The standard InChI is InChI=1S/C8H12O2/c1-3-8(9)4-5-10-7(2)6-8/h1,7,9H,4-6H2,2H3. The summed E-state index contributed by atoms with van der Waals surface area (Å²) in [6, 6.07) is 0. The monoisotopic (exact) mass is 140 g/mol. The van der Waals surface area contributed by atoms with E-state index in [-0.39, 0.29) is 6.10 Å². The van der Waals surface area contributed by atoms with E-state index in [1.165, 1.54) is 0 Å². The molecule has 0 aromatic heterocycles. The predicted octanol–water partition coefficient (Wildman–Crippen LogP) is 0.550. The molecule has 0 radical (unpaired) electrons. The molecule has 0 bridgehead atoms. The molecule has 2 atom stereocenters. The summed E-state index contributed by atoms with van der Waals surface area (Å²) in [6.45, 7) is 2.49. The smallest absolute Gasteiger partial charge is 0.129 e. The second-order valence-electron chi connectivity index (χ2n) is 2.81. The Hall–Kier alpha value is -0.520. The summed E-state index contributed by atoms with van der Waals surface area (Å²) < 4.78 is 5.22. The van der Waals surface area contributed by atoms with Crippen LogP contribution in [0.2, 0.25) is 0 Å². The zero-order valence-electron chi connectivity index (χ0n) is 6.13. The summed E-state index contributed by atoms with van der Waals surface area (Å²) in [5, 5.41) is 9.53. The van der Waals surface area contributed by atoms with Gasteiger partial charge in [0.1, 0.15) is 5.60 Å². The van der Waals surface area contributed by atoms with E-state index in [4.69, 9.17) is 11.2 Å². The third kappa shape index (κ3) is 1.50. The minimum Gasteiger partial charge on any atom is -0.378 e. The molecular formula is C8H12O2. The molecule has 1 N–H and O–H groups in total. The average molecular weight is 140 g/mol. The highest BCUT2D eigenvalue weighted by molar-refractivity contribution is 5.08. The molecule has 2 nitrogen and oxygen atoms in total. The van der Waals surface area contributed by atoms with Crippen LogP contribution in [0, 0.1) is 12.3 Å². The van der Waals surface area contributed by atoms with Crippen molar-refractivity contribution in [3.05, 3.63) is 0 Å². The lowest BCUT2D eigenvalue weighted by molar-refractivity contribution is -0.0663. The maximum atomic E-state index is 9.53. The number of terminal acetylenes is 1. The Morgan fingerprint density at radius 1 is 1.80 bits per heavy atom. The molecule has 0 spiro atoms. The predicted molar refractivity (Wildman–Crippen MR) is 38.4 cm³/mol. The molecule has 1 rings (SSSR count). The Bertz CT molecular complexity index is 159. The molecule has 10 heavy (non-hydrogen) atoms. The van der Waals surface area contributed by atoms with Crippen LogP contribution in [-0.2, 0) is 4.74 Å². The lowest BCUT2D eigenvalue weighted by atomic mass is 9.92. The Kier molecular flexibility index (Phi) is 1.98. The Morgan fingerprint density at radius 3 is 2.90 bits per heavy atom. The van der Waals surface area contributed by atoms with Gasteiger partial charge in [0.25, 0.3) is 0 Å². The quantitative estimate of drug-likeness (QED) is 0.498. The number of ether oxygens (including phenoxy) is 1. The molecule has 0 amide bonds. The summed E-state index contributed by atoms with van der Waals surface area (Å²) in [5.41, 5.74) is -0.905.